The van der Waals surface area contributed by atoms with Gasteiger partial charge in [-0.3, -0.25) is 48.0 Å². The number of carbonyl (C=O) groups excluding carboxylic acids is 8. The van der Waals surface area contributed by atoms with Crippen LogP contribution in [0.4, 0.5) is 4.79 Å². The molecule has 390 valence electrons. The molecule has 5 atom stereocenters. The number of hydrogen-bond donors (Lipinski definition) is 5. The van der Waals surface area contributed by atoms with Gasteiger partial charge < -0.3 is 36.2 Å². The van der Waals surface area contributed by atoms with Crippen molar-refractivity contribution in [2.75, 3.05) is 13.1 Å². The molecule has 7 rings (SSSR count). The molecule has 6 N–H and O–H groups in total. The fourth-order valence-corrected chi connectivity index (χ4v) is 10.2. The lowest BCUT2D eigenvalue weighted by molar-refractivity contribution is -0.146. The highest BCUT2D eigenvalue weighted by Gasteiger charge is 2.46. The summed E-state index contributed by atoms with van der Waals surface area (Å²) >= 11 is 0. The first-order valence-corrected chi connectivity index (χ1v) is 25.5. The van der Waals surface area contributed by atoms with Crippen molar-refractivity contribution in [1.29, 1.82) is 0 Å². The van der Waals surface area contributed by atoms with E-state index in [1.165, 1.54) is 14.0 Å². The molecule has 73 heavy (non-hydrogen) atoms. The topological polar surface area (TPSA) is 253 Å². The zero-order valence-corrected chi connectivity index (χ0v) is 42.2. The molecule has 3 aromatic carbocycles. The number of unbranched alkanes of at least 4 members (excludes halogenated alkanes) is 4. The number of carbonyl (C=O) groups is 8. The number of amides is 8. The Kier molecular flexibility index (Phi) is 17.5. The zero-order valence-electron chi connectivity index (χ0n) is 42.2. The third-order valence-corrected chi connectivity index (χ3v) is 13.9. The molecule has 8 amide bonds. The van der Waals surface area contributed by atoms with E-state index < -0.39 is 77.5 Å². The van der Waals surface area contributed by atoms with Crippen LogP contribution in [0.25, 0.3) is 11.0 Å². The predicted molar refractivity (Wildman–Crippen MR) is 271 cm³/mol. The molecule has 1 aromatic heterocycles. The minimum atomic E-state index is -1.24. The number of alkyl carbamates (subject to hydrolysis) is 1. The van der Waals surface area contributed by atoms with Gasteiger partial charge in [0.15, 0.2) is 0 Å². The Morgan fingerprint density at radius 1 is 0.795 bits per heavy atom. The average Bonchev–Trinajstić information content (AvgIpc) is 3.88. The lowest BCUT2D eigenvalue weighted by Gasteiger charge is -2.39. The molecule has 0 saturated carbocycles. The van der Waals surface area contributed by atoms with Crippen molar-refractivity contribution in [3.63, 3.8) is 0 Å². The van der Waals surface area contributed by atoms with Crippen LogP contribution < -0.4 is 32.7 Å². The Morgan fingerprint density at radius 3 is 2.12 bits per heavy atom. The fraction of sp³-hybridized carbons (Fsp3) is 0.500. The summed E-state index contributed by atoms with van der Waals surface area (Å²) in [7, 11) is 1.67. The highest BCUT2D eigenvalue weighted by atomic mass is 16.6. The van der Waals surface area contributed by atoms with E-state index in [1.54, 1.807) is 32.7 Å². The number of benzene rings is 3. The van der Waals surface area contributed by atoms with Gasteiger partial charge in [-0.1, -0.05) is 86.0 Å². The molecule has 0 spiro atoms. The summed E-state index contributed by atoms with van der Waals surface area (Å²) in [5.74, 6) is -3.29. The molecular weight excluding hydrogens is 935 g/mol. The number of imide groups is 1. The van der Waals surface area contributed by atoms with Gasteiger partial charge in [0.2, 0.25) is 41.4 Å². The van der Waals surface area contributed by atoms with Crippen LogP contribution in [-0.2, 0) is 51.8 Å². The summed E-state index contributed by atoms with van der Waals surface area (Å²) < 4.78 is 8.54. The Labute approximate surface area is 424 Å². The van der Waals surface area contributed by atoms with Crippen molar-refractivity contribution < 1.29 is 43.1 Å². The van der Waals surface area contributed by atoms with E-state index in [0.717, 1.165) is 48.8 Å². The maximum absolute atomic E-state index is 14.7. The van der Waals surface area contributed by atoms with Crippen LogP contribution in [0.2, 0.25) is 0 Å². The Balaban J connectivity index is 0.954. The molecule has 3 aliphatic heterocycles. The van der Waals surface area contributed by atoms with E-state index in [1.807, 2.05) is 78.9 Å². The standard InChI is InChI=1S/C54H69N9O10/c1-54(2,3)73-52(71)57-39-33-61(46(66)21-15-7-5-6-10-16-34-22-25-40-43(32-34)60(4)53(72)63(40)42-27-29-45(65)58-50(42)69)31-30-37-23-26-41(62(37)51(39)70)49(68)56-38(24-28-44(55)64)48(67)59-47(35-17-11-8-12-18-35)36-19-13-9-14-20-36/h8-9,11-14,17-20,22,25,32,37-39,41-42,47H,5-7,10,15-16,21,23-24,26-31,33H2,1-4H3,(H2,55,64)(H,56,68)(H,57,71)(H,59,67)(H,58,65,69)/t37-,38+,39+,41+,42?/m1/s1. The first-order chi connectivity index (χ1) is 34.9. The molecule has 1 unspecified atom stereocenters. The van der Waals surface area contributed by atoms with Gasteiger partial charge in [-0.25, -0.2) is 9.59 Å². The van der Waals surface area contributed by atoms with Gasteiger partial charge in [-0.05, 0) is 101 Å². The van der Waals surface area contributed by atoms with E-state index in [9.17, 15) is 43.2 Å². The van der Waals surface area contributed by atoms with Gasteiger partial charge in [0.25, 0.3) is 0 Å². The molecular formula is C54H69N9O10. The van der Waals surface area contributed by atoms with E-state index in [2.05, 4.69) is 21.3 Å². The third kappa shape index (κ3) is 13.6. The molecule has 0 bridgehead atoms. The Morgan fingerprint density at radius 2 is 1.47 bits per heavy atom. The molecule has 4 aromatic rings. The van der Waals surface area contributed by atoms with Crippen molar-refractivity contribution in [1.82, 2.24) is 40.2 Å². The van der Waals surface area contributed by atoms with Crippen LogP contribution in [0.3, 0.4) is 0 Å². The minimum absolute atomic E-state index is 0.0829. The summed E-state index contributed by atoms with van der Waals surface area (Å²) in [6.45, 7) is 5.24. The summed E-state index contributed by atoms with van der Waals surface area (Å²) in [4.78, 5) is 123. The van der Waals surface area contributed by atoms with E-state index >= 15 is 0 Å². The maximum atomic E-state index is 14.7. The lowest BCUT2D eigenvalue weighted by Crippen LogP contribution is -2.62. The summed E-state index contributed by atoms with van der Waals surface area (Å²) in [5, 5.41) is 10.9. The van der Waals surface area contributed by atoms with Crippen LogP contribution in [0, 0.1) is 0 Å². The second-order valence-corrected chi connectivity index (χ2v) is 20.4. The molecule has 0 aliphatic carbocycles. The number of primary amides is 1. The normalized spacial score (nSPS) is 19.7. The first kappa shape index (κ1) is 53.5. The van der Waals surface area contributed by atoms with E-state index in [0.29, 0.717) is 30.3 Å². The predicted octanol–water partition coefficient (Wildman–Crippen LogP) is 4.34. The van der Waals surface area contributed by atoms with E-state index in [4.69, 9.17) is 10.5 Å². The second-order valence-electron chi connectivity index (χ2n) is 20.4. The second kappa shape index (κ2) is 23.9. The number of hydrogen-bond acceptors (Lipinski definition) is 10. The van der Waals surface area contributed by atoms with Crippen molar-refractivity contribution in [2.24, 2.45) is 12.8 Å². The SMILES string of the molecule is Cn1c(=O)n(C2CCC(=O)NC2=O)c2ccc(CCCCCCCC(=O)N3CC[C@H]4CC[C@@H](C(=O)N[C@@H](CCC(N)=O)C(=O)NC(c5ccccc5)c5ccccc5)N4C(=O)[C@@H](NC(=O)OC(C)(C)C)C3)cc21. The third-order valence-electron chi connectivity index (χ3n) is 13.9. The van der Waals surface area contributed by atoms with Gasteiger partial charge >= 0.3 is 11.8 Å². The van der Waals surface area contributed by atoms with E-state index in [-0.39, 0.29) is 69.1 Å². The fourth-order valence-electron chi connectivity index (χ4n) is 10.2. The van der Waals surface area contributed by atoms with Crippen LogP contribution in [-0.4, -0.2) is 109 Å². The first-order valence-electron chi connectivity index (χ1n) is 25.5. The Hall–Kier alpha value is -7.31. The molecule has 3 fully saturated rings. The number of nitrogens with zero attached hydrogens (tertiary/aromatic N) is 4. The summed E-state index contributed by atoms with van der Waals surface area (Å²) in [6, 6.07) is 19.3. The number of rotatable bonds is 19. The highest BCUT2D eigenvalue weighted by Crippen LogP contribution is 2.31. The van der Waals surface area contributed by atoms with Gasteiger partial charge in [0.1, 0.15) is 29.8 Å². The average molecular weight is 1000 g/mol. The van der Waals surface area contributed by atoms with Crippen LogP contribution >= 0.6 is 0 Å². The molecule has 3 aliphatic rings. The number of ether oxygens (including phenoxy) is 1. The van der Waals surface area contributed by atoms with Gasteiger partial charge in [0, 0.05) is 38.9 Å². The van der Waals surface area contributed by atoms with Crippen molar-refractivity contribution >= 4 is 58.5 Å². The van der Waals surface area contributed by atoms with Gasteiger partial charge in [0.05, 0.1) is 23.6 Å². The summed E-state index contributed by atoms with van der Waals surface area (Å²) in [6.07, 6.45) is 5.53. The van der Waals surface area contributed by atoms with Gasteiger partial charge in [-0.15, -0.1) is 0 Å². The van der Waals surface area contributed by atoms with Crippen molar-refractivity contribution in [3.8, 4) is 0 Å². The van der Waals surface area contributed by atoms with Crippen LogP contribution in [0.5, 0.6) is 0 Å². The molecule has 0 radical (unpaired) electrons. The van der Waals surface area contributed by atoms with Gasteiger partial charge in [-0.2, -0.15) is 0 Å². The highest BCUT2D eigenvalue weighted by molar-refractivity contribution is 6.00. The number of aromatic nitrogens is 2. The lowest BCUT2D eigenvalue weighted by atomic mass is 9.98. The Bertz CT molecular complexity index is 2690. The molecule has 19 nitrogen and oxygen atoms in total. The monoisotopic (exact) mass is 1000 g/mol. The number of imidazole rings is 1. The molecule has 4 heterocycles. The van der Waals surface area contributed by atoms with Crippen LogP contribution in [0.15, 0.2) is 83.7 Å². The van der Waals surface area contributed by atoms with Crippen molar-refractivity contribution in [2.45, 2.75) is 153 Å². The number of piperidine rings is 1. The van der Waals surface area contributed by atoms with Crippen molar-refractivity contribution in [3.05, 3.63) is 106 Å². The molecule has 19 heteroatoms. The summed E-state index contributed by atoms with van der Waals surface area (Å²) in [5.41, 5.74) is 8.34. The minimum Gasteiger partial charge on any atom is -0.444 e. The molecule has 3 saturated heterocycles. The van der Waals surface area contributed by atoms with Crippen LogP contribution in [0.1, 0.15) is 133 Å². The number of aryl methyl sites for hydroxylation is 2. The maximum Gasteiger partial charge on any atom is 0.408 e. The largest absolute Gasteiger partial charge is 0.444 e. The number of nitrogens with two attached hydrogens (primary N) is 1. The number of fused-ring (bicyclic) bond motifs is 2. The zero-order chi connectivity index (χ0) is 52.4. The quantitative estimate of drug-likeness (QED) is 0.0656. The number of nitrogens with one attached hydrogen (secondary N) is 4. The smallest absolute Gasteiger partial charge is 0.408 e.